The quantitative estimate of drug-likeness (QED) is 0.786. The summed E-state index contributed by atoms with van der Waals surface area (Å²) in [4.78, 5) is 30.8. The van der Waals surface area contributed by atoms with Crippen molar-refractivity contribution in [2.75, 3.05) is 6.54 Å². The van der Waals surface area contributed by atoms with E-state index in [1.807, 2.05) is 6.92 Å². The van der Waals surface area contributed by atoms with Crippen molar-refractivity contribution >= 4 is 23.5 Å². The first-order valence-electron chi connectivity index (χ1n) is 5.77. The Balaban J connectivity index is 2.23. The molecule has 6 heteroatoms. The predicted molar refractivity (Wildman–Crippen MR) is 67.0 cm³/mol. The summed E-state index contributed by atoms with van der Waals surface area (Å²) in [6, 6.07) is 2.71. The molecule has 2 heterocycles. The summed E-state index contributed by atoms with van der Waals surface area (Å²) in [5, 5.41) is 0.459. The smallest absolute Gasteiger partial charge is 0.313 e. The summed E-state index contributed by atoms with van der Waals surface area (Å²) in [5.41, 5.74) is 0.533. The summed E-state index contributed by atoms with van der Waals surface area (Å²) in [6.45, 7) is 4.21. The Morgan fingerprint density at radius 1 is 1.44 bits per heavy atom. The lowest BCUT2D eigenvalue weighted by atomic mass is 10.3. The fourth-order valence-electron chi connectivity index (χ4n) is 2.01. The fourth-order valence-corrected chi connectivity index (χ4v) is 2.19. The number of urea groups is 1. The second kappa shape index (κ2) is 4.94. The lowest BCUT2D eigenvalue weighted by molar-refractivity contribution is -0.128. The number of pyridine rings is 1. The fraction of sp³-hybridized carbons (Fsp3) is 0.417. The van der Waals surface area contributed by atoms with Crippen LogP contribution in [0.15, 0.2) is 18.3 Å². The van der Waals surface area contributed by atoms with E-state index in [2.05, 4.69) is 4.98 Å². The highest BCUT2D eigenvalue weighted by Gasteiger charge is 2.41. The van der Waals surface area contributed by atoms with Gasteiger partial charge in [-0.3, -0.25) is 14.7 Å². The van der Waals surface area contributed by atoms with E-state index >= 15 is 0 Å². The van der Waals surface area contributed by atoms with E-state index in [0.29, 0.717) is 17.3 Å². The third kappa shape index (κ3) is 2.06. The molecule has 1 atom stereocenters. The number of halogens is 1. The van der Waals surface area contributed by atoms with Crippen LogP contribution < -0.4 is 0 Å². The van der Waals surface area contributed by atoms with E-state index in [9.17, 15) is 9.59 Å². The van der Waals surface area contributed by atoms with E-state index in [-0.39, 0.29) is 18.5 Å². The maximum absolute atomic E-state index is 12.0. The van der Waals surface area contributed by atoms with Gasteiger partial charge in [-0.05, 0) is 26.0 Å². The van der Waals surface area contributed by atoms with Crippen molar-refractivity contribution in [3.63, 3.8) is 0 Å². The lowest BCUT2D eigenvalue weighted by Gasteiger charge is -2.16. The molecule has 1 fully saturated rings. The molecule has 1 unspecified atom stereocenters. The number of carbonyl (C=O) groups excluding carboxylic acids is 2. The molecule has 2 rings (SSSR count). The molecule has 0 N–H and O–H groups in total. The van der Waals surface area contributed by atoms with Crippen LogP contribution >= 0.6 is 11.6 Å². The normalized spacial score (nSPS) is 19.8. The van der Waals surface area contributed by atoms with Crippen LogP contribution in [0.25, 0.3) is 0 Å². The molecule has 1 aromatic heterocycles. The average Bonchev–Trinajstić information content (AvgIpc) is 2.56. The topological polar surface area (TPSA) is 53.5 Å². The zero-order valence-electron chi connectivity index (χ0n) is 10.3. The molecule has 0 bridgehead atoms. The maximum atomic E-state index is 12.0. The number of hydrogen-bond acceptors (Lipinski definition) is 3. The molecule has 0 aromatic carbocycles. The molecular weight excluding hydrogens is 254 g/mol. The van der Waals surface area contributed by atoms with Crippen LogP contribution in [0.1, 0.15) is 19.5 Å². The summed E-state index contributed by atoms with van der Waals surface area (Å²) in [7, 11) is 0. The van der Waals surface area contributed by atoms with Crippen LogP contribution in [0.2, 0.25) is 5.02 Å². The van der Waals surface area contributed by atoms with Gasteiger partial charge in [0.2, 0.25) is 0 Å². The first kappa shape index (κ1) is 12.8. The predicted octanol–water partition coefficient (Wildman–Crippen LogP) is 1.91. The number of aromatic nitrogens is 1. The van der Waals surface area contributed by atoms with E-state index in [1.54, 1.807) is 25.3 Å². The number of carbonyl (C=O) groups is 2. The zero-order chi connectivity index (χ0) is 13.3. The van der Waals surface area contributed by atoms with Gasteiger partial charge in [0.05, 0.1) is 17.3 Å². The molecule has 1 saturated heterocycles. The molecule has 3 amide bonds. The maximum Gasteiger partial charge on any atom is 0.327 e. The summed E-state index contributed by atoms with van der Waals surface area (Å²) >= 11 is 5.98. The highest BCUT2D eigenvalue weighted by atomic mass is 35.5. The van der Waals surface area contributed by atoms with Gasteiger partial charge in [-0.2, -0.15) is 0 Å². The minimum absolute atomic E-state index is 0.123. The molecule has 1 aromatic rings. The van der Waals surface area contributed by atoms with E-state index in [1.165, 1.54) is 9.80 Å². The number of rotatable bonds is 3. The molecule has 0 saturated carbocycles. The summed E-state index contributed by atoms with van der Waals surface area (Å²) < 4.78 is 0. The van der Waals surface area contributed by atoms with Gasteiger partial charge >= 0.3 is 6.03 Å². The molecule has 5 nitrogen and oxygen atoms in total. The Morgan fingerprint density at radius 3 is 2.72 bits per heavy atom. The van der Waals surface area contributed by atoms with E-state index in [4.69, 9.17) is 11.6 Å². The summed E-state index contributed by atoms with van der Waals surface area (Å²) in [5.74, 6) is -0.205. The second-order valence-electron chi connectivity index (χ2n) is 4.10. The van der Waals surface area contributed by atoms with Crippen LogP contribution in [0.4, 0.5) is 4.79 Å². The van der Waals surface area contributed by atoms with Crippen LogP contribution in [-0.2, 0) is 11.3 Å². The van der Waals surface area contributed by atoms with Crippen molar-refractivity contribution < 1.29 is 9.59 Å². The first-order chi connectivity index (χ1) is 8.56. The Hall–Kier alpha value is -1.62. The van der Waals surface area contributed by atoms with Crippen molar-refractivity contribution in [3.8, 4) is 0 Å². The van der Waals surface area contributed by atoms with Gasteiger partial charge in [0, 0.05) is 12.7 Å². The molecule has 18 heavy (non-hydrogen) atoms. The van der Waals surface area contributed by atoms with Crippen LogP contribution in [0.5, 0.6) is 0 Å². The third-order valence-electron chi connectivity index (χ3n) is 3.05. The number of hydrogen-bond donors (Lipinski definition) is 0. The molecule has 96 valence electrons. The minimum Gasteiger partial charge on any atom is -0.313 e. The van der Waals surface area contributed by atoms with Crippen molar-refractivity contribution in [1.29, 1.82) is 0 Å². The van der Waals surface area contributed by atoms with Crippen LogP contribution in [0.3, 0.4) is 0 Å². The number of nitrogens with zero attached hydrogens (tertiary/aromatic N) is 3. The van der Waals surface area contributed by atoms with Gasteiger partial charge in [-0.15, -0.1) is 0 Å². The molecule has 1 aliphatic rings. The monoisotopic (exact) mass is 267 g/mol. The van der Waals surface area contributed by atoms with E-state index < -0.39 is 6.04 Å². The van der Waals surface area contributed by atoms with Crippen molar-refractivity contribution in [1.82, 2.24) is 14.8 Å². The summed E-state index contributed by atoms with van der Waals surface area (Å²) in [6.07, 6.45) is 1.59. The Labute approximate surface area is 110 Å². The van der Waals surface area contributed by atoms with Gasteiger partial charge in [-0.25, -0.2) is 4.79 Å². The second-order valence-corrected chi connectivity index (χ2v) is 4.51. The minimum atomic E-state index is -0.412. The highest BCUT2D eigenvalue weighted by molar-refractivity contribution is 6.31. The third-order valence-corrected chi connectivity index (χ3v) is 3.39. The van der Waals surface area contributed by atoms with E-state index in [0.717, 1.165) is 0 Å². The Kier molecular flexibility index (Phi) is 3.52. The molecule has 0 spiro atoms. The van der Waals surface area contributed by atoms with Gasteiger partial charge in [0.1, 0.15) is 6.04 Å². The standard InChI is InChI=1S/C12H14ClN3O2/c1-3-15-8(2)11(17)16(12(15)18)7-10-9(13)5-4-6-14-10/h4-6,8H,3,7H2,1-2H3. The number of imide groups is 1. The molecule has 0 aliphatic carbocycles. The van der Waals surface area contributed by atoms with Crippen molar-refractivity contribution in [2.45, 2.75) is 26.4 Å². The lowest BCUT2D eigenvalue weighted by Crippen LogP contribution is -2.33. The van der Waals surface area contributed by atoms with Crippen molar-refractivity contribution in [3.05, 3.63) is 29.0 Å². The molecule has 0 radical (unpaired) electrons. The largest absolute Gasteiger partial charge is 0.327 e. The molecule has 1 aliphatic heterocycles. The average molecular weight is 268 g/mol. The van der Waals surface area contributed by atoms with Gasteiger partial charge in [0.15, 0.2) is 0 Å². The number of amides is 3. The van der Waals surface area contributed by atoms with Crippen LogP contribution in [-0.4, -0.2) is 39.3 Å². The number of likely N-dealkylation sites (N-methyl/N-ethyl adjacent to an activating group) is 1. The van der Waals surface area contributed by atoms with Gasteiger partial charge in [-0.1, -0.05) is 11.6 Å². The Bertz CT molecular complexity index is 492. The first-order valence-corrected chi connectivity index (χ1v) is 6.15. The van der Waals surface area contributed by atoms with Crippen molar-refractivity contribution in [2.24, 2.45) is 0 Å². The molecular formula is C12H14ClN3O2. The van der Waals surface area contributed by atoms with Gasteiger partial charge < -0.3 is 4.90 Å². The van der Waals surface area contributed by atoms with Gasteiger partial charge in [0.25, 0.3) is 5.91 Å². The Morgan fingerprint density at radius 2 is 2.17 bits per heavy atom. The zero-order valence-corrected chi connectivity index (χ0v) is 11.0. The van der Waals surface area contributed by atoms with Crippen LogP contribution in [0, 0.1) is 0 Å². The SMILES string of the molecule is CCN1C(=O)N(Cc2ncccc2Cl)C(=O)C1C. The highest BCUT2D eigenvalue weighted by Crippen LogP contribution is 2.21.